The van der Waals surface area contributed by atoms with Gasteiger partial charge in [-0.15, -0.1) is 0 Å². The molecule has 0 amide bonds. The molecule has 1 saturated heterocycles. The third-order valence-electron chi connectivity index (χ3n) is 3.81. The predicted molar refractivity (Wildman–Crippen MR) is 72.6 cm³/mol. The molecule has 0 aliphatic carbocycles. The molecule has 2 N–H and O–H groups in total. The molecule has 4 nitrogen and oxygen atoms in total. The van der Waals surface area contributed by atoms with E-state index in [1.54, 1.807) is 7.11 Å². The number of methoxy groups -OCH3 is 1. The lowest BCUT2D eigenvalue weighted by molar-refractivity contribution is 0.132. The normalized spacial score (nSPS) is 22.7. The Kier molecular flexibility index (Phi) is 4.55. The van der Waals surface area contributed by atoms with Crippen LogP contribution in [0.15, 0.2) is 18.2 Å². The minimum absolute atomic E-state index is 0.328. The summed E-state index contributed by atoms with van der Waals surface area (Å²) in [5, 5.41) is 0. The molecule has 18 heavy (non-hydrogen) atoms. The molecular weight excluding hydrogens is 226 g/mol. The highest BCUT2D eigenvalue weighted by Gasteiger charge is 2.24. The zero-order valence-corrected chi connectivity index (χ0v) is 11.3. The lowest BCUT2D eigenvalue weighted by atomic mass is 9.96. The number of nitrogens with two attached hydrogens (primary N) is 1. The number of ether oxygens (including phenoxy) is 1. The van der Waals surface area contributed by atoms with Crippen molar-refractivity contribution in [1.82, 2.24) is 9.88 Å². The first kappa shape index (κ1) is 13.3. The van der Waals surface area contributed by atoms with Gasteiger partial charge in [0.25, 0.3) is 0 Å². The maximum absolute atomic E-state index is 5.79. The minimum Gasteiger partial charge on any atom is -0.481 e. The Morgan fingerprint density at radius 3 is 3.11 bits per heavy atom. The quantitative estimate of drug-likeness (QED) is 0.884. The van der Waals surface area contributed by atoms with E-state index in [0.29, 0.717) is 17.8 Å². The van der Waals surface area contributed by atoms with Gasteiger partial charge in [-0.3, -0.25) is 4.90 Å². The second-order valence-electron chi connectivity index (χ2n) is 5.02. The molecule has 0 spiro atoms. The van der Waals surface area contributed by atoms with Gasteiger partial charge in [0, 0.05) is 18.7 Å². The van der Waals surface area contributed by atoms with Crippen molar-refractivity contribution in [1.29, 1.82) is 0 Å². The number of hydrogen-bond acceptors (Lipinski definition) is 4. The molecule has 2 atom stereocenters. The highest BCUT2D eigenvalue weighted by Crippen LogP contribution is 2.26. The van der Waals surface area contributed by atoms with Crippen LogP contribution >= 0.6 is 0 Å². The van der Waals surface area contributed by atoms with Crippen molar-refractivity contribution in [3.05, 3.63) is 23.9 Å². The summed E-state index contributed by atoms with van der Waals surface area (Å²) in [4.78, 5) is 7.00. The molecule has 2 heterocycles. The molecule has 2 rings (SSSR count). The fraction of sp³-hybridized carbons (Fsp3) is 0.643. The molecule has 1 aromatic heterocycles. The lowest BCUT2D eigenvalue weighted by Crippen LogP contribution is -2.39. The van der Waals surface area contributed by atoms with E-state index in [9.17, 15) is 0 Å². The number of likely N-dealkylation sites (tertiary alicyclic amines) is 1. The molecule has 4 heteroatoms. The maximum atomic E-state index is 5.79. The maximum Gasteiger partial charge on any atom is 0.213 e. The van der Waals surface area contributed by atoms with E-state index in [1.807, 2.05) is 12.1 Å². The van der Waals surface area contributed by atoms with Gasteiger partial charge >= 0.3 is 0 Å². The molecule has 1 aromatic rings. The molecule has 1 aliphatic rings. The Morgan fingerprint density at radius 2 is 2.39 bits per heavy atom. The van der Waals surface area contributed by atoms with Gasteiger partial charge in [-0.05, 0) is 44.8 Å². The molecule has 0 aromatic carbocycles. The van der Waals surface area contributed by atoms with Crippen molar-refractivity contribution in [2.45, 2.75) is 25.8 Å². The van der Waals surface area contributed by atoms with E-state index in [1.165, 1.54) is 12.8 Å². The van der Waals surface area contributed by atoms with Crippen molar-refractivity contribution in [3.63, 3.8) is 0 Å². The van der Waals surface area contributed by atoms with Crippen LogP contribution in [0.3, 0.4) is 0 Å². The van der Waals surface area contributed by atoms with Gasteiger partial charge in [0.2, 0.25) is 5.88 Å². The number of hydrogen-bond donors (Lipinski definition) is 1. The van der Waals surface area contributed by atoms with Crippen LogP contribution in [0.25, 0.3) is 0 Å². The summed E-state index contributed by atoms with van der Waals surface area (Å²) in [5.41, 5.74) is 6.86. The van der Waals surface area contributed by atoms with E-state index in [2.05, 4.69) is 22.9 Å². The number of pyridine rings is 1. The minimum atomic E-state index is 0.328. The third-order valence-corrected chi connectivity index (χ3v) is 3.81. The Balaban J connectivity index is 2.07. The summed E-state index contributed by atoms with van der Waals surface area (Å²) in [5.74, 6) is 1.32. The summed E-state index contributed by atoms with van der Waals surface area (Å²) in [6, 6.07) is 6.28. The smallest absolute Gasteiger partial charge is 0.213 e. The van der Waals surface area contributed by atoms with Gasteiger partial charge in [0.1, 0.15) is 0 Å². The third kappa shape index (κ3) is 3.00. The van der Waals surface area contributed by atoms with Crippen molar-refractivity contribution in [2.24, 2.45) is 11.7 Å². The molecule has 0 saturated carbocycles. The summed E-state index contributed by atoms with van der Waals surface area (Å²) in [6.07, 6.45) is 2.49. The highest BCUT2D eigenvalue weighted by atomic mass is 16.5. The van der Waals surface area contributed by atoms with Crippen LogP contribution in [0, 0.1) is 5.92 Å². The first-order valence-corrected chi connectivity index (χ1v) is 6.69. The van der Waals surface area contributed by atoms with Crippen LogP contribution in [0.5, 0.6) is 5.88 Å². The lowest BCUT2D eigenvalue weighted by Gasteiger charge is -2.36. The molecular formula is C14H23N3O. The van der Waals surface area contributed by atoms with E-state index in [-0.39, 0.29) is 0 Å². The van der Waals surface area contributed by atoms with Gasteiger partial charge < -0.3 is 10.5 Å². The summed E-state index contributed by atoms with van der Waals surface area (Å²) in [7, 11) is 1.65. The summed E-state index contributed by atoms with van der Waals surface area (Å²) < 4.78 is 5.19. The highest BCUT2D eigenvalue weighted by molar-refractivity contribution is 5.18. The van der Waals surface area contributed by atoms with Gasteiger partial charge in [0.05, 0.1) is 12.8 Å². The predicted octanol–water partition coefficient (Wildman–Crippen LogP) is 1.82. The fourth-order valence-electron chi connectivity index (χ4n) is 2.61. The molecule has 1 fully saturated rings. The Morgan fingerprint density at radius 1 is 1.56 bits per heavy atom. The number of nitrogens with zero attached hydrogens (tertiary/aromatic N) is 2. The average molecular weight is 249 g/mol. The van der Waals surface area contributed by atoms with Gasteiger partial charge in [-0.25, -0.2) is 4.98 Å². The SMILES string of the molecule is COc1cccc(C(C)N2CCCC(CN)C2)n1. The Hall–Kier alpha value is -1.13. The topological polar surface area (TPSA) is 51.4 Å². The first-order chi connectivity index (χ1) is 8.74. The zero-order chi connectivity index (χ0) is 13.0. The van der Waals surface area contributed by atoms with Crippen molar-refractivity contribution >= 4 is 0 Å². The van der Waals surface area contributed by atoms with E-state index >= 15 is 0 Å². The number of aromatic nitrogens is 1. The molecule has 2 unspecified atom stereocenters. The van der Waals surface area contributed by atoms with Crippen molar-refractivity contribution < 1.29 is 4.74 Å². The second kappa shape index (κ2) is 6.16. The van der Waals surface area contributed by atoms with Crippen molar-refractivity contribution in [2.75, 3.05) is 26.7 Å². The van der Waals surface area contributed by atoms with Crippen LogP contribution in [0.4, 0.5) is 0 Å². The number of rotatable bonds is 4. The van der Waals surface area contributed by atoms with Gasteiger partial charge in [-0.1, -0.05) is 6.07 Å². The van der Waals surface area contributed by atoms with Gasteiger partial charge in [-0.2, -0.15) is 0 Å². The van der Waals surface area contributed by atoms with Gasteiger partial charge in [0.15, 0.2) is 0 Å². The Labute approximate surface area is 109 Å². The number of piperidine rings is 1. The first-order valence-electron chi connectivity index (χ1n) is 6.69. The monoisotopic (exact) mass is 249 g/mol. The average Bonchev–Trinajstić information content (AvgIpc) is 2.46. The van der Waals surface area contributed by atoms with E-state index in [0.717, 1.165) is 25.3 Å². The van der Waals surface area contributed by atoms with Crippen LogP contribution in [-0.4, -0.2) is 36.6 Å². The molecule has 1 aliphatic heterocycles. The fourth-order valence-corrected chi connectivity index (χ4v) is 2.61. The standard InChI is InChI=1S/C14H23N3O/c1-11(13-6-3-7-14(16-13)18-2)17-8-4-5-12(9-15)10-17/h3,6-7,11-12H,4-5,8-10,15H2,1-2H3. The van der Waals surface area contributed by atoms with E-state index < -0.39 is 0 Å². The van der Waals surface area contributed by atoms with Crippen LogP contribution < -0.4 is 10.5 Å². The Bertz CT molecular complexity index is 383. The summed E-state index contributed by atoms with van der Waals surface area (Å²) in [6.45, 7) is 5.21. The largest absolute Gasteiger partial charge is 0.481 e. The molecule has 0 radical (unpaired) electrons. The molecule has 100 valence electrons. The van der Waals surface area contributed by atoms with Crippen LogP contribution in [-0.2, 0) is 0 Å². The zero-order valence-electron chi connectivity index (χ0n) is 11.3. The van der Waals surface area contributed by atoms with Crippen LogP contribution in [0.2, 0.25) is 0 Å². The second-order valence-corrected chi connectivity index (χ2v) is 5.02. The van der Waals surface area contributed by atoms with Crippen molar-refractivity contribution in [3.8, 4) is 5.88 Å². The molecule has 0 bridgehead atoms. The van der Waals surface area contributed by atoms with E-state index in [4.69, 9.17) is 10.5 Å². The van der Waals surface area contributed by atoms with Crippen LogP contribution in [0.1, 0.15) is 31.5 Å². The summed E-state index contributed by atoms with van der Waals surface area (Å²) >= 11 is 0.